The molecule has 21 heavy (non-hydrogen) atoms. The predicted molar refractivity (Wildman–Crippen MR) is 91.7 cm³/mol. The second kappa shape index (κ2) is 11.9. The van der Waals surface area contributed by atoms with Crippen LogP contribution in [0.25, 0.3) is 0 Å². The molecule has 0 spiro atoms. The fourth-order valence-electron chi connectivity index (χ4n) is 2.80. The van der Waals surface area contributed by atoms with Crippen LogP contribution in [0.1, 0.15) is 78.1 Å². The predicted octanol–water partition coefficient (Wildman–Crippen LogP) is 4.51. The number of aliphatic hydroxyl groups excluding tert-OH is 1. The average Bonchev–Trinajstić information content (AvgIpc) is 2.93. The zero-order chi connectivity index (χ0) is 15.3. The van der Waals surface area contributed by atoms with Crippen molar-refractivity contribution in [1.82, 2.24) is 4.90 Å². The summed E-state index contributed by atoms with van der Waals surface area (Å²) in [4.78, 5) is 6.49. The molecule has 122 valence electrons. The number of nitrogens with zero attached hydrogens (tertiary/aromatic N) is 2. The van der Waals surface area contributed by atoms with E-state index in [-0.39, 0.29) is 12.4 Å². The van der Waals surface area contributed by atoms with Crippen LogP contribution in [0, 0.1) is 0 Å². The summed E-state index contributed by atoms with van der Waals surface area (Å²) in [5.74, 6) is 0. The van der Waals surface area contributed by atoms with Crippen LogP contribution in [-0.4, -0.2) is 35.2 Å². The SMILES string of the molecule is CCCCCCC/C=C/CCCCC1N=CCN1C(C)O. The lowest BCUT2D eigenvalue weighted by molar-refractivity contribution is 0.00715. The molecule has 0 aromatic rings. The summed E-state index contributed by atoms with van der Waals surface area (Å²) in [6.45, 7) is 4.88. The number of aliphatic hydroxyl groups is 1. The van der Waals surface area contributed by atoms with E-state index in [2.05, 4.69) is 24.1 Å². The largest absolute Gasteiger partial charge is 0.379 e. The Hall–Kier alpha value is -0.670. The third kappa shape index (κ3) is 8.37. The second-order valence-electron chi connectivity index (χ2n) is 6.10. The quantitative estimate of drug-likeness (QED) is 0.424. The summed E-state index contributed by atoms with van der Waals surface area (Å²) < 4.78 is 0. The monoisotopic (exact) mass is 294 g/mol. The van der Waals surface area contributed by atoms with Crippen LogP contribution in [0.4, 0.5) is 0 Å². The van der Waals surface area contributed by atoms with Gasteiger partial charge < -0.3 is 5.11 Å². The summed E-state index contributed by atoms with van der Waals surface area (Å²) in [6, 6.07) is 0. The summed E-state index contributed by atoms with van der Waals surface area (Å²) in [5, 5.41) is 9.63. The molecule has 0 amide bonds. The van der Waals surface area contributed by atoms with E-state index >= 15 is 0 Å². The molecular formula is C18H34N2O. The van der Waals surface area contributed by atoms with E-state index in [1.165, 1.54) is 57.8 Å². The van der Waals surface area contributed by atoms with Gasteiger partial charge in [-0.25, -0.2) is 0 Å². The molecule has 1 N–H and O–H groups in total. The molecule has 0 fully saturated rings. The van der Waals surface area contributed by atoms with E-state index in [4.69, 9.17) is 0 Å². The van der Waals surface area contributed by atoms with Crippen molar-refractivity contribution >= 4 is 6.21 Å². The lowest BCUT2D eigenvalue weighted by atomic mass is 10.1. The lowest BCUT2D eigenvalue weighted by Crippen LogP contribution is -2.37. The van der Waals surface area contributed by atoms with Gasteiger partial charge in [0.25, 0.3) is 0 Å². The molecule has 3 nitrogen and oxygen atoms in total. The van der Waals surface area contributed by atoms with Gasteiger partial charge in [-0.05, 0) is 45.4 Å². The van der Waals surface area contributed by atoms with Crippen molar-refractivity contribution < 1.29 is 5.11 Å². The molecule has 1 aliphatic heterocycles. The zero-order valence-corrected chi connectivity index (χ0v) is 14.0. The van der Waals surface area contributed by atoms with Crippen LogP contribution in [0.5, 0.6) is 0 Å². The molecule has 0 saturated heterocycles. The van der Waals surface area contributed by atoms with Gasteiger partial charge in [0.1, 0.15) is 12.4 Å². The topological polar surface area (TPSA) is 35.8 Å². The minimum atomic E-state index is -0.384. The first kappa shape index (κ1) is 18.4. The molecule has 1 aliphatic rings. The Balaban J connectivity index is 1.93. The fraction of sp³-hybridized carbons (Fsp3) is 0.833. The van der Waals surface area contributed by atoms with Crippen LogP contribution in [-0.2, 0) is 0 Å². The Bertz CT molecular complexity index is 300. The smallest absolute Gasteiger partial charge is 0.106 e. The molecule has 0 radical (unpaired) electrons. The number of aliphatic imine (C=N–C) groups is 1. The van der Waals surface area contributed by atoms with Gasteiger partial charge in [0, 0.05) is 12.8 Å². The Kier molecular flexibility index (Phi) is 10.4. The molecule has 0 aromatic heterocycles. The van der Waals surface area contributed by atoms with Crippen molar-refractivity contribution in [1.29, 1.82) is 0 Å². The van der Waals surface area contributed by atoms with Crippen molar-refractivity contribution in [2.75, 3.05) is 6.54 Å². The number of unbranched alkanes of at least 4 members (excludes halogenated alkanes) is 7. The van der Waals surface area contributed by atoms with E-state index in [1.807, 2.05) is 18.0 Å². The van der Waals surface area contributed by atoms with Gasteiger partial charge in [0.15, 0.2) is 0 Å². The highest BCUT2D eigenvalue weighted by Crippen LogP contribution is 2.16. The molecular weight excluding hydrogens is 260 g/mol. The molecule has 0 bridgehead atoms. The van der Waals surface area contributed by atoms with Crippen molar-refractivity contribution in [2.45, 2.75) is 90.4 Å². The number of rotatable bonds is 12. The first-order valence-corrected chi connectivity index (χ1v) is 8.86. The highest BCUT2D eigenvalue weighted by Gasteiger charge is 2.23. The molecule has 1 rings (SSSR count). The van der Waals surface area contributed by atoms with Gasteiger partial charge in [-0.1, -0.05) is 44.8 Å². The Morgan fingerprint density at radius 1 is 1.14 bits per heavy atom. The van der Waals surface area contributed by atoms with E-state index in [0.29, 0.717) is 0 Å². The standard InChI is InChI=1S/C18H34N2O/c1-3-4-5-6-7-8-9-10-11-12-13-14-18-19-15-16-20(18)17(2)21/h9-10,15,17-18,21H,3-8,11-14,16H2,1-2H3/b10-9+. The van der Waals surface area contributed by atoms with Gasteiger partial charge >= 0.3 is 0 Å². The molecule has 2 unspecified atom stereocenters. The molecule has 0 aliphatic carbocycles. The first-order chi connectivity index (χ1) is 10.3. The molecule has 0 saturated carbocycles. The summed E-state index contributed by atoms with van der Waals surface area (Å²) in [5.41, 5.74) is 0. The molecule has 0 aromatic carbocycles. The Morgan fingerprint density at radius 3 is 2.48 bits per heavy atom. The summed E-state index contributed by atoms with van der Waals surface area (Å²) in [7, 11) is 0. The highest BCUT2D eigenvalue weighted by atomic mass is 16.3. The van der Waals surface area contributed by atoms with E-state index in [0.717, 1.165) is 13.0 Å². The van der Waals surface area contributed by atoms with Crippen molar-refractivity contribution in [2.24, 2.45) is 4.99 Å². The molecule has 2 atom stereocenters. The molecule has 1 heterocycles. The van der Waals surface area contributed by atoms with Crippen molar-refractivity contribution in [3.05, 3.63) is 12.2 Å². The van der Waals surface area contributed by atoms with Crippen LogP contribution in [0.2, 0.25) is 0 Å². The summed E-state index contributed by atoms with van der Waals surface area (Å²) in [6.07, 6.45) is 19.2. The van der Waals surface area contributed by atoms with Gasteiger partial charge in [-0.3, -0.25) is 9.89 Å². The van der Waals surface area contributed by atoms with Crippen LogP contribution in [0.3, 0.4) is 0 Å². The van der Waals surface area contributed by atoms with Gasteiger partial charge in [-0.15, -0.1) is 0 Å². The van der Waals surface area contributed by atoms with Gasteiger partial charge in [0.2, 0.25) is 0 Å². The average molecular weight is 294 g/mol. The molecule has 3 heteroatoms. The Labute approximate surface area is 131 Å². The van der Waals surface area contributed by atoms with Crippen molar-refractivity contribution in [3.63, 3.8) is 0 Å². The number of hydrogen-bond acceptors (Lipinski definition) is 3. The minimum absolute atomic E-state index is 0.201. The lowest BCUT2D eigenvalue weighted by Gasteiger charge is -2.25. The third-order valence-corrected chi connectivity index (χ3v) is 4.16. The zero-order valence-electron chi connectivity index (χ0n) is 14.0. The second-order valence-corrected chi connectivity index (χ2v) is 6.10. The Morgan fingerprint density at radius 2 is 1.81 bits per heavy atom. The fourth-order valence-corrected chi connectivity index (χ4v) is 2.80. The number of allylic oxidation sites excluding steroid dienone is 2. The minimum Gasteiger partial charge on any atom is -0.379 e. The first-order valence-electron chi connectivity index (χ1n) is 8.86. The maximum Gasteiger partial charge on any atom is 0.106 e. The van der Waals surface area contributed by atoms with E-state index < -0.39 is 0 Å². The highest BCUT2D eigenvalue weighted by molar-refractivity contribution is 5.62. The van der Waals surface area contributed by atoms with E-state index in [1.54, 1.807) is 0 Å². The maximum atomic E-state index is 9.63. The van der Waals surface area contributed by atoms with Gasteiger partial charge in [-0.2, -0.15) is 0 Å². The van der Waals surface area contributed by atoms with Crippen molar-refractivity contribution in [3.8, 4) is 0 Å². The normalized spacial score (nSPS) is 20.6. The third-order valence-electron chi connectivity index (χ3n) is 4.16. The maximum absolute atomic E-state index is 9.63. The van der Waals surface area contributed by atoms with Crippen LogP contribution >= 0.6 is 0 Å². The van der Waals surface area contributed by atoms with Gasteiger partial charge in [0.05, 0.1) is 0 Å². The number of hydrogen-bond donors (Lipinski definition) is 1. The summed E-state index contributed by atoms with van der Waals surface area (Å²) >= 11 is 0. The van der Waals surface area contributed by atoms with Crippen LogP contribution < -0.4 is 0 Å². The van der Waals surface area contributed by atoms with Crippen LogP contribution in [0.15, 0.2) is 17.1 Å². The van der Waals surface area contributed by atoms with E-state index in [9.17, 15) is 5.11 Å².